The second-order valence-corrected chi connectivity index (χ2v) is 5.86. The molecule has 0 atom stereocenters. The van der Waals surface area contributed by atoms with Crippen LogP contribution < -0.4 is 11.1 Å². The summed E-state index contributed by atoms with van der Waals surface area (Å²) in [5.41, 5.74) is 7.55. The Morgan fingerprint density at radius 3 is 2.67 bits per heavy atom. The third-order valence-corrected chi connectivity index (χ3v) is 4.00. The number of nitrogens with two attached hydrogens (primary N) is 1. The summed E-state index contributed by atoms with van der Waals surface area (Å²) in [5, 5.41) is 12.2. The van der Waals surface area contributed by atoms with E-state index in [0.717, 1.165) is 16.3 Å². The summed E-state index contributed by atoms with van der Waals surface area (Å²) < 4.78 is 0. The van der Waals surface area contributed by atoms with Gasteiger partial charge in [0.1, 0.15) is 5.01 Å². The van der Waals surface area contributed by atoms with Crippen LogP contribution in [-0.2, 0) is 11.2 Å². The molecule has 1 amide bonds. The number of carbonyl (C=O) groups excluding carboxylic acids is 1. The molecule has 0 saturated heterocycles. The number of carbonyl (C=O) groups is 1. The van der Waals surface area contributed by atoms with Crippen LogP contribution in [0.1, 0.15) is 36.8 Å². The first kappa shape index (κ1) is 17.4. The van der Waals surface area contributed by atoms with E-state index in [1.165, 1.54) is 11.3 Å². The summed E-state index contributed by atoms with van der Waals surface area (Å²) in [6, 6.07) is 7.58. The summed E-state index contributed by atoms with van der Waals surface area (Å²) in [6.07, 6.45) is 0.999. The molecule has 0 aliphatic carbocycles. The molecular weight excluding hydrogens is 308 g/mol. The number of rotatable bonds is 5. The molecule has 1 aromatic heterocycles. The maximum atomic E-state index is 11.9. The van der Waals surface area contributed by atoms with Crippen LogP contribution in [0, 0.1) is 0 Å². The minimum atomic E-state index is -0.0697. The number of para-hydroxylation sites is 1. The second kappa shape index (κ2) is 7.95. The van der Waals surface area contributed by atoms with Crippen LogP contribution in [-0.4, -0.2) is 16.1 Å². The lowest BCUT2D eigenvalue weighted by Gasteiger charge is -2.04. The molecule has 0 saturated carbocycles. The average Bonchev–Trinajstić information content (AvgIpc) is 2.86. The van der Waals surface area contributed by atoms with E-state index in [1.807, 2.05) is 38.1 Å². The fraction of sp³-hybridized carbons (Fsp3) is 0.357. The summed E-state index contributed by atoms with van der Waals surface area (Å²) in [6.45, 7) is 4.09. The third-order valence-electron chi connectivity index (χ3n) is 2.86. The van der Waals surface area contributed by atoms with Crippen LogP contribution in [0.15, 0.2) is 24.3 Å². The number of nitrogens with zero attached hydrogens (tertiary/aromatic N) is 2. The first-order chi connectivity index (χ1) is 9.56. The van der Waals surface area contributed by atoms with E-state index in [0.29, 0.717) is 23.9 Å². The molecule has 0 fully saturated rings. The summed E-state index contributed by atoms with van der Waals surface area (Å²) in [5.74, 6) is 0.252. The van der Waals surface area contributed by atoms with Crippen LogP contribution in [0.25, 0.3) is 0 Å². The molecule has 21 heavy (non-hydrogen) atoms. The molecule has 7 heteroatoms. The minimum absolute atomic E-state index is 0. The minimum Gasteiger partial charge on any atom is -0.399 e. The number of nitrogens with one attached hydrogen (secondary N) is 1. The fourth-order valence-corrected chi connectivity index (χ4v) is 2.47. The molecule has 0 spiro atoms. The van der Waals surface area contributed by atoms with Crippen molar-refractivity contribution in [3.63, 3.8) is 0 Å². The summed E-state index contributed by atoms with van der Waals surface area (Å²) in [4.78, 5) is 11.9. The van der Waals surface area contributed by atoms with Crippen LogP contribution >= 0.6 is 23.7 Å². The molecule has 2 aromatic rings. The van der Waals surface area contributed by atoms with Gasteiger partial charge in [-0.1, -0.05) is 43.4 Å². The zero-order valence-electron chi connectivity index (χ0n) is 12.0. The van der Waals surface area contributed by atoms with Gasteiger partial charge in [0.2, 0.25) is 11.0 Å². The van der Waals surface area contributed by atoms with Gasteiger partial charge in [0.25, 0.3) is 0 Å². The number of nitrogen functional groups attached to an aromatic ring is 1. The normalized spacial score (nSPS) is 10.2. The van der Waals surface area contributed by atoms with Gasteiger partial charge in [-0.3, -0.25) is 4.79 Å². The van der Waals surface area contributed by atoms with Crippen molar-refractivity contribution >= 4 is 40.5 Å². The van der Waals surface area contributed by atoms with Crippen molar-refractivity contribution in [2.45, 2.75) is 32.6 Å². The van der Waals surface area contributed by atoms with Gasteiger partial charge >= 0.3 is 0 Å². The summed E-state index contributed by atoms with van der Waals surface area (Å²) in [7, 11) is 0. The molecule has 5 nitrogen and oxygen atoms in total. The highest BCUT2D eigenvalue weighted by atomic mass is 35.5. The predicted molar refractivity (Wildman–Crippen MR) is 89.1 cm³/mol. The van der Waals surface area contributed by atoms with Gasteiger partial charge in [-0.15, -0.1) is 22.6 Å². The molecule has 3 N–H and O–H groups in total. The first-order valence-electron chi connectivity index (χ1n) is 6.53. The molecule has 1 heterocycles. The van der Waals surface area contributed by atoms with Crippen LogP contribution in [0.2, 0.25) is 0 Å². The molecule has 0 aliphatic heterocycles. The lowest BCUT2D eigenvalue weighted by Crippen LogP contribution is -2.12. The number of amides is 1. The number of anilines is 2. The zero-order valence-corrected chi connectivity index (χ0v) is 13.6. The van der Waals surface area contributed by atoms with E-state index in [2.05, 4.69) is 15.5 Å². The maximum absolute atomic E-state index is 11.9. The second-order valence-electron chi connectivity index (χ2n) is 4.85. The van der Waals surface area contributed by atoms with E-state index >= 15 is 0 Å². The Hall–Kier alpha value is -1.66. The number of hydrogen-bond donors (Lipinski definition) is 2. The lowest BCUT2D eigenvalue weighted by atomic mass is 10.1. The highest BCUT2D eigenvalue weighted by Gasteiger charge is 2.10. The maximum Gasteiger partial charge on any atom is 0.226 e. The third kappa shape index (κ3) is 4.99. The van der Waals surface area contributed by atoms with Crippen LogP contribution in [0.3, 0.4) is 0 Å². The quantitative estimate of drug-likeness (QED) is 0.826. The van der Waals surface area contributed by atoms with Gasteiger partial charge in [0, 0.05) is 18.0 Å². The Morgan fingerprint density at radius 1 is 1.33 bits per heavy atom. The molecule has 0 unspecified atom stereocenters. The number of halogens is 1. The summed E-state index contributed by atoms with van der Waals surface area (Å²) >= 11 is 1.42. The van der Waals surface area contributed by atoms with Gasteiger partial charge in [-0.2, -0.15) is 0 Å². The van der Waals surface area contributed by atoms with Crippen molar-refractivity contribution in [3.8, 4) is 0 Å². The molecule has 2 rings (SSSR count). The van der Waals surface area contributed by atoms with Gasteiger partial charge in [0.05, 0.1) is 0 Å². The van der Waals surface area contributed by atoms with Crippen molar-refractivity contribution in [2.75, 3.05) is 11.1 Å². The highest BCUT2D eigenvalue weighted by Crippen LogP contribution is 2.22. The molecule has 0 aliphatic rings. The molecular formula is C14H19ClN4OS. The van der Waals surface area contributed by atoms with Crippen LogP contribution in [0.5, 0.6) is 0 Å². The highest BCUT2D eigenvalue weighted by molar-refractivity contribution is 7.15. The van der Waals surface area contributed by atoms with Crippen molar-refractivity contribution < 1.29 is 4.79 Å². The average molecular weight is 327 g/mol. The van der Waals surface area contributed by atoms with Crippen molar-refractivity contribution in [1.29, 1.82) is 0 Å². The van der Waals surface area contributed by atoms with Crippen molar-refractivity contribution in [1.82, 2.24) is 10.2 Å². The Bertz CT molecular complexity index is 600. The molecule has 1 aromatic carbocycles. The Kier molecular flexibility index (Phi) is 6.58. The Balaban J connectivity index is 0.00000220. The van der Waals surface area contributed by atoms with Gasteiger partial charge in [-0.05, 0) is 18.1 Å². The van der Waals surface area contributed by atoms with E-state index in [-0.39, 0.29) is 18.3 Å². The van der Waals surface area contributed by atoms with Crippen molar-refractivity contribution in [3.05, 3.63) is 34.8 Å². The molecule has 114 valence electrons. The van der Waals surface area contributed by atoms with E-state index in [9.17, 15) is 4.79 Å². The topological polar surface area (TPSA) is 80.9 Å². The van der Waals surface area contributed by atoms with E-state index < -0.39 is 0 Å². The zero-order chi connectivity index (χ0) is 14.5. The first-order valence-corrected chi connectivity index (χ1v) is 7.34. The SMILES string of the molecule is CC(C)c1nnc(NC(=O)CCc2ccccc2N)s1.Cl. The van der Waals surface area contributed by atoms with Crippen LogP contribution in [0.4, 0.5) is 10.8 Å². The number of aromatic nitrogens is 2. The smallest absolute Gasteiger partial charge is 0.226 e. The Morgan fingerprint density at radius 2 is 2.05 bits per heavy atom. The predicted octanol–water partition coefficient (Wildman–Crippen LogP) is 3.24. The molecule has 0 bridgehead atoms. The number of benzene rings is 1. The standard InChI is InChI=1S/C14H18N4OS.ClH/c1-9(2)13-17-18-14(20-13)16-12(19)8-7-10-5-3-4-6-11(10)15;/h3-6,9H,7-8,15H2,1-2H3,(H,16,18,19);1H. The van der Waals surface area contributed by atoms with Gasteiger partial charge in [0.15, 0.2) is 0 Å². The monoisotopic (exact) mass is 326 g/mol. The van der Waals surface area contributed by atoms with Gasteiger partial charge < -0.3 is 11.1 Å². The van der Waals surface area contributed by atoms with Gasteiger partial charge in [-0.25, -0.2) is 0 Å². The lowest BCUT2D eigenvalue weighted by molar-refractivity contribution is -0.116. The van der Waals surface area contributed by atoms with Crippen molar-refractivity contribution in [2.24, 2.45) is 0 Å². The number of hydrogen-bond acceptors (Lipinski definition) is 5. The Labute approximate surface area is 134 Å². The molecule has 0 radical (unpaired) electrons. The number of aryl methyl sites for hydroxylation is 1. The van der Waals surface area contributed by atoms with E-state index in [4.69, 9.17) is 5.73 Å². The largest absolute Gasteiger partial charge is 0.399 e. The van der Waals surface area contributed by atoms with E-state index in [1.54, 1.807) is 0 Å². The fourth-order valence-electron chi connectivity index (χ4n) is 1.71.